The summed E-state index contributed by atoms with van der Waals surface area (Å²) in [6.07, 6.45) is 0.920. The number of benzene rings is 2. The van der Waals surface area contributed by atoms with E-state index in [2.05, 4.69) is 5.32 Å². The lowest BCUT2D eigenvalue weighted by Gasteiger charge is -2.31. The minimum absolute atomic E-state index is 0.0926. The SMILES string of the molecule is CC(C)CNC(=O)[C@H](C)N(Cc1ccccc1F)C(=O)CN(c1ccc(F)cc1)S(C)(=O)=O. The molecule has 0 aromatic heterocycles. The number of amides is 2. The third-order valence-corrected chi connectivity index (χ3v) is 6.08. The fourth-order valence-corrected chi connectivity index (χ4v) is 3.92. The number of carbonyl (C=O) groups is 2. The van der Waals surface area contributed by atoms with Crippen molar-refractivity contribution in [1.82, 2.24) is 10.2 Å². The van der Waals surface area contributed by atoms with Crippen molar-refractivity contribution in [1.29, 1.82) is 0 Å². The number of halogens is 2. The first-order chi connectivity index (χ1) is 15.4. The van der Waals surface area contributed by atoms with Gasteiger partial charge in [0.25, 0.3) is 0 Å². The molecule has 0 saturated heterocycles. The molecule has 0 heterocycles. The van der Waals surface area contributed by atoms with Gasteiger partial charge in [-0.2, -0.15) is 0 Å². The van der Waals surface area contributed by atoms with Gasteiger partial charge in [0, 0.05) is 18.7 Å². The summed E-state index contributed by atoms with van der Waals surface area (Å²) in [4.78, 5) is 27.1. The smallest absolute Gasteiger partial charge is 0.244 e. The maximum absolute atomic E-state index is 14.3. The van der Waals surface area contributed by atoms with Crippen molar-refractivity contribution in [3.05, 3.63) is 65.7 Å². The fraction of sp³-hybridized carbons (Fsp3) is 0.391. The van der Waals surface area contributed by atoms with Crippen LogP contribution < -0.4 is 9.62 Å². The highest BCUT2D eigenvalue weighted by Crippen LogP contribution is 2.20. The molecule has 0 unspecified atom stereocenters. The van der Waals surface area contributed by atoms with Crippen LogP contribution in [-0.4, -0.2) is 50.5 Å². The molecule has 0 saturated carbocycles. The standard InChI is InChI=1S/C23H29F2N3O4S/c1-16(2)13-26-23(30)17(3)27(14-18-7-5-6-8-21(18)25)22(29)15-28(33(4,31)32)20-11-9-19(24)10-12-20/h5-12,16-17H,13-15H2,1-4H3,(H,26,30)/t17-/m0/s1. The van der Waals surface area contributed by atoms with Gasteiger partial charge in [-0.05, 0) is 43.2 Å². The van der Waals surface area contributed by atoms with E-state index in [1.807, 2.05) is 13.8 Å². The molecule has 7 nitrogen and oxygen atoms in total. The van der Waals surface area contributed by atoms with Crippen LogP contribution in [0.15, 0.2) is 48.5 Å². The third-order valence-electron chi connectivity index (χ3n) is 4.94. The van der Waals surface area contributed by atoms with Crippen molar-refractivity contribution in [2.75, 3.05) is 23.7 Å². The zero-order chi connectivity index (χ0) is 24.8. The van der Waals surface area contributed by atoms with Crippen molar-refractivity contribution in [3.63, 3.8) is 0 Å². The van der Waals surface area contributed by atoms with E-state index in [0.717, 1.165) is 27.6 Å². The minimum Gasteiger partial charge on any atom is -0.354 e. The zero-order valence-electron chi connectivity index (χ0n) is 19.1. The second-order valence-electron chi connectivity index (χ2n) is 8.17. The molecule has 0 spiro atoms. The molecule has 2 aromatic carbocycles. The van der Waals surface area contributed by atoms with Gasteiger partial charge in [-0.3, -0.25) is 13.9 Å². The Bertz CT molecular complexity index is 1080. The van der Waals surface area contributed by atoms with Crippen LogP contribution in [0.3, 0.4) is 0 Å². The number of sulfonamides is 1. The van der Waals surface area contributed by atoms with E-state index >= 15 is 0 Å². The summed E-state index contributed by atoms with van der Waals surface area (Å²) in [6, 6.07) is 9.48. The summed E-state index contributed by atoms with van der Waals surface area (Å²) < 4.78 is 53.2. The van der Waals surface area contributed by atoms with Crippen LogP contribution in [0.1, 0.15) is 26.3 Å². The van der Waals surface area contributed by atoms with Gasteiger partial charge in [0.15, 0.2) is 0 Å². The van der Waals surface area contributed by atoms with Crippen LogP contribution in [-0.2, 0) is 26.2 Å². The summed E-state index contributed by atoms with van der Waals surface area (Å²) in [5.74, 6) is -2.09. The lowest BCUT2D eigenvalue weighted by molar-refractivity contribution is -0.139. The van der Waals surface area contributed by atoms with Crippen LogP contribution in [0.5, 0.6) is 0 Å². The van der Waals surface area contributed by atoms with Crippen LogP contribution >= 0.6 is 0 Å². The number of rotatable bonds is 10. The Morgan fingerprint density at radius 3 is 2.15 bits per heavy atom. The predicted octanol–water partition coefficient (Wildman–Crippen LogP) is 2.92. The van der Waals surface area contributed by atoms with Crippen LogP contribution in [0.4, 0.5) is 14.5 Å². The predicted molar refractivity (Wildman–Crippen MR) is 123 cm³/mol. The van der Waals surface area contributed by atoms with E-state index in [9.17, 15) is 26.8 Å². The van der Waals surface area contributed by atoms with Gasteiger partial charge in [-0.1, -0.05) is 32.0 Å². The second kappa shape index (κ2) is 11.2. The maximum Gasteiger partial charge on any atom is 0.244 e. The molecule has 0 fully saturated rings. The van der Waals surface area contributed by atoms with Crippen molar-refractivity contribution in [3.8, 4) is 0 Å². The molecule has 2 amide bonds. The summed E-state index contributed by atoms with van der Waals surface area (Å²) in [5, 5.41) is 2.74. The highest BCUT2D eigenvalue weighted by molar-refractivity contribution is 7.92. The summed E-state index contributed by atoms with van der Waals surface area (Å²) in [5.41, 5.74) is 0.275. The van der Waals surface area contributed by atoms with Gasteiger partial charge >= 0.3 is 0 Å². The zero-order valence-corrected chi connectivity index (χ0v) is 19.9. The van der Waals surface area contributed by atoms with E-state index < -0.39 is 46.1 Å². The molecule has 0 aliphatic carbocycles. The van der Waals surface area contributed by atoms with Crippen molar-refractivity contribution in [2.24, 2.45) is 5.92 Å². The molecule has 0 radical (unpaired) electrons. The van der Waals surface area contributed by atoms with Crippen molar-refractivity contribution < 1.29 is 26.8 Å². The van der Waals surface area contributed by atoms with Crippen molar-refractivity contribution in [2.45, 2.75) is 33.4 Å². The van der Waals surface area contributed by atoms with Gasteiger partial charge in [-0.15, -0.1) is 0 Å². The number of nitrogens with zero attached hydrogens (tertiary/aromatic N) is 2. The molecule has 0 aliphatic heterocycles. The first kappa shape index (κ1) is 26.2. The molecule has 180 valence electrons. The number of nitrogens with one attached hydrogen (secondary N) is 1. The topological polar surface area (TPSA) is 86.8 Å². The Morgan fingerprint density at radius 2 is 1.61 bits per heavy atom. The van der Waals surface area contributed by atoms with Crippen LogP contribution in [0.2, 0.25) is 0 Å². The van der Waals surface area contributed by atoms with Gasteiger partial charge < -0.3 is 10.2 Å². The second-order valence-corrected chi connectivity index (χ2v) is 10.1. The molecule has 0 bridgehead atoms. The quantitative estimate of drug-likeness (QED) is 0.565. The highest BCUT2D eigenvalue weighted by atomic mass is 32.2. The lowest BCUT2D eigenvalue weighted by Crippen LogP contribution is -2.51. The number of carbonyl (C=O) groups excluding carboxylic acids is 2. The fourth-order valence-electron chi connectivity index (χ4n) is 3.07. The average molecular weight is 482 g/mol. The normalized spacial score (nSPS) is 12.3. The monoisotopic (exact) mass is 481 g/mol. The molecule has 2 rings (SSSR count). The number of hydrogen-bond donors (Lipinski definition) is 1. The number of anilines is 1. The van der Waals surface area contributed by atoms with E-state index in [-0.39, 0.29) is 23.7 Å². The Hall–Kier alpha value is -3.01. The lowest BCUT2D eigenvalue weighted by atomic mass is 10.1. The average Bonchev–Trinajstić information content (AvgIpc) is 2.74. The molecule has 33 heavy (non-hydrogen) atoms. The largest absolute Gasteiger partial charge is 0.354 e. The minimum atomic E-state index is -3.92. The van der Waals surface area contributed by atoms with E-state index in [4.69, 9.17) is 0 Å². The molecule has 0 aliphatic rings. The molecular formula is C23H29F2N3O4S. The summed E-state index contributed by atoms with van der Waals surface area (Å²) in [6.45, 7) is 4.84. The van der Waals surface area contributed by atoms with Gasteiger partial charge in [0.2, 0.25) is 21.8 Å². The number of hydrogen-bond acceptors (Lipinski definition) is 4. The summed E-state index contributed by atoms with van der Waals surface area (Å²) in [7, 11) is -3.92. The van der Waals surface area contributed by atoms with Gasteiger partial charge in [0.05, 0.1) is 11.9 Å². The molecular weight excluding hydrogens is 452 g/mol. The first-order valence-corrected chi connectivity index (χ1v) is 12.3. The molecule has 10 heteroatoms. The summed E-state index contributed by atoms with van der Waals surface area (Å²) >= 11 is 0. The third kappa shape index (κ3) is 7.52. The first-order valence-electron chi connectivity index (χ1n) is 10.4. The Labute approximate surface area is 193 Å². The Balaban J connectivity index is 2.36. The molecule has 2 aromatic rings. The highest BCUT2D eigenvalue weighted by Gasteiger charge is 2.30. The van der Waals surface area contributed by atoms with E-state index in [0.29, 0.717) is 6.54 Å². The molecule has 1 N–H and O–H groups in total. The van der Waals surface area contributed by atoms with Crippen LogP contribution in [0, 0.1) is 17.6 Å². The van der Waals surface area contributed by atoms with Gasteiger partial charge in [-0.25, -0.2) is 17.2 Å². The van der Waals surface area contributed by atoms with Gasteiger partial charge in [0.1, 0.15) is 24.2 Å². The molecule has 1 atom stereocenters. The Kier molecular flexibility index (Phi) is 8.92. The maximum atomic E-state index is 14.3. The van der Waals surface area contributed by atoms with Crippen LogP contribution in [0.25, 0.3) is 0 Å². The van der Waals surface area contributed by atoms with E-state index in [1.165, 1.54) is 37.3 Å². The van der Waals surface area contributed by atoms with E-state index in [1.54, 1.807) is 6.07 Å². The Morgan fingerprint density at radius 1 is 1.00 bits per heavy atom. The van der Waals surface area contributed by atoms with Crippen molar-refractivity contribution >= 4 is 27.5 Å².